The van der Waals surface area contributed by atoms with Crippen molar-refractivity contribution in [1.29, 1.82) is 0 Å². The normalized spacial score (nSPS) is 12.1. The van der Waals surface area contributed by atoms with E-state index in [1.54, 1.807) is 0 Å². The van der Waals surface area contributed by atoms with Gasteiger partial charge in [0.15, 0.2) is 0 Å². The van der Waals surface area contributed by atoms with Crippen LogP contribution in [0.1, 0.15) is 63.8 Å². The second-order valence-electron chi connectivity index (χ2n) is 17.4. The first-order chi connectivity index (χ1) is 26.8. The Morgan fingerprint density at radius 2 is 1.37 bits per heavy atom. The average molecular weight is 924 g/mol. The number of phenols is 1. The third-order valence-corrected chi connectivity index (χ3v) is 11.2. The van der Waals surface area contributed by atoms with Crippen molar-refractivity contribution in [2.45, 2.75) is 66.2 Å². The largest absolute Gasteiger partial charge is 0.507 e. The minimum atomic E-state index is -0.305. The van der Waals surface area contributed by atoms with E-state index < -0.39 is 0 Å². The van der Waals surface area contributed by atoms with E-state index in [2.05, 4.69) is 187 Å². The van der Waals surface area contributed by atoms with Gasteiger partial charge in [0.25, 0.3) is 0 Å². The van der Waals surface area contributed by atoms with Crippen molar-refractivity contribution in [1.82, 2.24) is 14.5 Å². The molecule has 5 heteroatoms. The van der Waals surface area contributed by atoms with E-state index >= 15 is 0 Å². The predicted molar refractivity (Wildman–Crippen MR) is 235 cm³/mol. The molecule has 0 spiro atoms. The van der Waals surface area contributed by atoms with Crippen LogP contribution in [-0.4, -0.2) is 19.6 Å². The third kappa shape index (κ3) is 6.64. The molecule has 9 aromatic rings. The third-order valence-electron chi connectivity index (χ3n) is 11.2. The molecule has 0 bridgehead atoms. The van der Waals surface area contributed by atoms with Crippen molar-refractivity contribution >= 4 is 43.6 Å². The minimum Gasteiger partial charge on any atom is -0.507 e. The fourth-order valence-electron chi connectivity index (χ4n) is 8.15. The van der Waals surface area contributed by atoms with Crippen LogP contribution in [0.3, 0.4) is 0 Å². The van der Waals surface area contributed by atoms with Gasteiger partial charge in [0.1, 0.15) is 11.6 Å². The van der Waals surface area contributed by atoms with Crippen molar-refractivity contribution in [2.75, 3.05) is 0 Å². The van der Waals surface area contributed by atoms with Crippen molar-refractivity contribution in [3.8, 4) is 45.1 Å². The summed E-state index contributed by atoms with van der Waals surface area (Å²) >= 11 is 0. The molecule has 2 heterocycles. The zero-order valence-corrected chi connectivity index (χ0v) is 36.0. The summed E-state index contributed by atoms with van der Waals surface area (Å²) in [5.41, 5.74) is 13.4. The zero-order valence-electron chi connectivity index (χ0n) is 33.7. The van der Waals surface area contributed by atoms with Gasteiger partial charge >= 0.3 is 0 Å². The molecule has 0 radical (unpaired) electrons. The average Bonchev–Trinajstić information content (AvgIpc) is 3.56. The monoisotopic (exact) mass is 923 g/mol. The van der Waals surface area contributed by atoms with Crippen molar-refractivity contribution < 1.29 is 26.2 Å². The van der Waals surface area contributed by atoms with Gasteiger partial charge in [-0.2, -0.15) is 0 Å². The molecular formula is C52H46N3OPt-. The van der Waals surface area contributed by atoms with E-state index in [1.165, 1.54) is 5.56 Å². The predicted octanol–water partition coefficient (Wildman–Crippen LogP) is 13.6. The van der Waals surface area contributed by atoms with Crippen LogP contribution in [-0.2, 0) is 31.9 Å². The summed E-state index contributed by atoms with van der Waals surface area (Å²) in [5, 5.41) is 16.7. The molecule has 0 amide bonds. The molecule has 2 aromatic heterocycles. The summed E-state index contributed by atoms with van der Waals surface area (Å²) in [6.07, 6.45) is 0. The molecule has 0 fully saturated rings. The summed E-state index contributed by atoms with van der Waals surface area (Å²) < 4.78 is 2.26. The molecule has 0 aliphatic carbocycles. The molecule has 1 N–H and O–H groups in total. The topological polar surface area (TPSA) is 50.9 Å². The fourth-order valence-corrected chi connectivity index (χ4v) is 8.15. The second kappa shape index (κ2) is 14.1. The molecule has 0 atom stereocenters. The molecule has 0 aliphatic rings. The summed E-state index contributed by atoms with van der Waals surface area (Å²) in [7, 11) is 0. The van der Waals surface area contributed by atoms with Crippen LogP contribution in [0.4, 0.5) is 0 Å². The van der Waals surface area contributed by atoms with E-state index in [-0.39, 0.29) is 37.6 Å². The molecular weight excluding hydrogens is 878 g/mol. The maximum Gasteiger partial charge on any atom is 0.148 e. The molecule has 0 aliphatic heterocycles. The maximum atomic E-state index is 12.3. The summed E-state index contributed by atoms with van der Waals surface area (Å²) in [6.45, 7) is 17.5. The molecule has 0 unspecified atom stereocenters. The SMILES string of the molecule is Cc1ccc(-n2c(-c3cc(C(C)(C)C)cc(C(C)(C)C)c3O)nc3c(-c4[c-]c5c(ccc6cc7ccccc7nc65)c(C)c4)cccc32)c(-c2ccccc2)c1.[Pt]. The molecule has 57 heavy (non-hydrogen) atoms. The van der Waals surface area contributed by atoms with Gasteiger partial charge in [-0.1, -0.05) is 161 Å². The van der Waals surface area contributed by atoms with E-state index in [4.69, 9.17) is 9.97 Å². The number of nitrogens with zero attached hydrogens (tertiary/aromatic N) is 3. The van der Waals surface area contributed by atoms with Crippen LogP contribution in [0, 0.1) is 19.9 Å². The van der Waals surface area contributed by atoms with E-state index in [0.717, 1.165) is 88.2 Å². The van der Waals surface area contributed by atoms with E-state index in [9.17, 15) is 5.11 Å². The second-order valence-corrected chi connectivity index (χ2v) is 17.4. The van der Waals surface area contributed by atoms with Crippen LogP contribution < -0.4 is 0 Å². The number of aromatic nitrogens is 3. The number of aromatic hydroxyl groups is 1. The van der Waals surface area contributed by atoms with Gasteiger partial charge in [0, 0.05) is 37.7 Å². The smallest absolute Gasteiger partial charge is 0.148 e. The minimum absolute atomic E-state index is 0. The number of hydrogen-bond donors (Lipinski definition) is 1. The van der Waals surface area contributed by atoms with Crippen molar-refractivity contribution in [3.05, 3.63) is 156 Å². The van der Waals surface area contributed by atoms with Crippen LogP contribution in [0.25, 0.3) is 82.9 Å². The molecule has 7 aromatic carbocycles. The summed E-state index contributed by atoms with van der Waals surface area (Å²) in [6, 6.07) is 48.8. The van der Waals surface area contributed by atoms with Crippen LogP contribution in [0.2, 0.25) is 0 Å². The number of pyridine rings is 1. The standard InChI is InChI=1S/C52H46N3O.Pt/c1-31-21-24-45(40(25-31)33-15-10-9-11-16-33)55-46-20-14-18-39(48(46)54-50(55)42-29-37(51(3,4)5)30-43(49(42)56)52(6,7)8)36-26-32(2)38-23-22-35-27-34-17-12-13-19-44(34)53-47(35)41(38)28-36;/h9-27,29-30,56H,1-8H3;/q-1;. The molecule has 4 nitrogen and oxygen atoms in total. The van der Waals surface area contributed by atoms with Gasteiger partial charge in [0.05, 0.1) is 27.8 Å². The Hall–Kier alpha value is -5.57. The van der Waals surface area contributed by atoms with E-state index in [1.807, 2.05) is 6.07 Å². The zero-order chi connectivity index (χ0) is 39.1. The number of fused-ring (bicyclic) bond motifs is 5. The summed E-state index contributed by atoms with van der Waals surface area (Å²) in [5.74, 6) is 0.952. The Kier molecular flexibility index (Phi) is 9.49. The van der Waals surface area contributed by atoms with Crippen molar-refractivity contribution in [3.63, 3.8) is 0 Å². The number of imidazole rings is 1. The number of benzene rings is 7. The Morgan fingerprint density at radius 1 is 0.614 bits per heavy atom. The molecule has 0 saturated carbocycles. The quantitative estimate of drug-likeness (QED) is 0.109. The molecule has 286 valence electrons. The molecule has 0 saturated heterocycles. The fraction of sp³-hybridized carbons (Fsp3) is 0.192. The van der Waals surface area contributed by atoms with Crippen LogP contribution in [0.5, 0.6) is 5.75 Å². The van der Waals surface area contributed by atoms with E-state index in [0.29, 0.717) is 11.4 Å². The first kappa shape index (κ1) is 38.3. The van der Waals surface area contributed by atoms with Crippen molar-refractivity contribution in [2.24, 2.45) is 0 Å². The first-order valence-electron chi connectivity index (χ1n) is 19.5. The van der Waals surface area contributed by atoms with Gasteiger partial charge < -0.3 is 5.11 Å². The number of hydrogen-bond acceptors (Lipinski definition) is 3. The number of para-hydroxylation sites is 2. The van der Waals surface area contributed by atoms with Crippen LogP contribution in [0.15, 0.2) is 127 Å². The van der Waals surface area contributed by atoms with Gasteiger partial charge in [-0.15, -0.1) is 23.3 Å². The van der Waals surface area contributed by atoms with Gasteiger partial charge in [-0.05, 0) is 70.0 Å². The van der Waals surface area contributed by atoms with Gasteiger partial charge in [0.2, 0.25) is 0 Å². The number of aryl methyl sites for hydroxylation is 2. The number of phenolic OH excluding ortho intramolecular Hbond substituents is 1. The Bertz CT molecular complexity index is 3020. The van der Waals surface area contributed by atoms with Gasteiger partial charge in [-0.3, -0.25) is 9.55 Å². The van der Waals surface area contributed by atoms with Crippen LogP contribution >= 0.6 is 0 Å². The number of rotatable bonds is 4. The maximum absolute atomic E-state index is 12.3. The molecule has 9 rings (SSSR count). The Labute approximate surface area is 349 Å². The first-order valence-corrected chi connectivity index (χ1v) is 19.5. The Balaban J connectivity index is 0.00000455. The summed E-state index contributed by atoms with van der Waals surface area (Å²) in [4.78, 5) is 10.8. The van der Waals surface area contributed by atoms with Gasteiger partial charge in [-0.25, -0.2) is 4.98 Å². The Morgan fingerprint density at radius 3 is 2.12 bits per heavy atom.